The minimum absolute atomic E-state index is 0.110. The Morgan fingerprint density at radius 2 is 1.73 bits per heavy atom. The van der Waals surface area contributed by atoms with E-state index in [0.29, 0.717) is 16.5 Å². The van der Waals surface area contributed by atoms with Gasteiger partial charge >= 0.3 is 6.18 Å². The average Bonchev–Trinajstić information content (AvgIpc) is 3.29. The second-order valence-corrected chi connectivity index (χ2v) is 8.25. The van der Waals surface area contributed by atoms with Crippen molar-refractivity contribution in [1.82, 2.24) is 14.7 Å². The van der Waals surface area contributed by atoms with Gasteiger partial charge in [-0.25, -0.2) is 4.68 Å². The summed E-state index contributed by atoms with van der Waals surface area (Å²) in [5.41, 5.74) is -0.236. The molecule has 7 nitrogen and oxygen atoms in total. The van der Waals surface area contributed by atoms with E-state index in [1.54, 1.807) is 24.3 Å². The van der Waals surface area contributed by atoms with Crippen molar-refractivity contribution in [3.63, 3.8) is 0 Å². The van der Waals surface area contributed by atoms with Crippen LogP contribution in [0.15, 0.2) is 70.8 Å². The van der Waals surface area contributed by atoms with Gasteiger partial charge in [0.2, 0.25) is 0 Å². The highest BCUT2D eigenvalue weighted by atomic mass is 32.1. The molecule has 0 amide bonds. The van der Waals surface area contributed by atoms with Crippen molar-refractivity contribution in [3.8, 4) is 10.6 Å². The van der Waals surface area contributed by atoms with Crippen LogP contribution in [-0.4, -0.2) is 32.3 Å². The largest absolute Gasteiger partial charge is 0.401 e. The molecule has 0 unspecified atom stereocenters. The second kappa shape index (κ2) is 9.12. The summed E-state index contributed by atoms with van der Waals surface area (Å²) in [7, 11) is 0. The monoisotopic (exact) mass is 474 g/mol. The number of aromatic nitrogens is 2. The summed E-state index contributed by atoms with van der Waals surface area (Å²) < 4.78 is 41.0. The third kappa shape index (κ3) is 5.10. The number of thiophene rings is 1. The molecule has 0 radical (unpaired) electrons. The van der Waals surface area contributed by atoms with Crippen LogP contribution in [0.3, 0.4) is 0 Å². The van der Waals surface area contributed by atoms with E-state index in [4.69, 9.17) is 0 Å². The van der Waals surface area contributed by atoms with Crippen molar-refractivity contribution in [2.24, 2.45) is 0 Å². The van der Waals surface area contributed by atoms with Crippen LogP contribution in [0.2, 0.25) is 0 Å². The minimum Gasteiger partial charge on any atom is -0.271 e. The van der Waals surface area contributed by atoms with Gasteiger partial charge < -0.3 is 0 Å². The molecule has 0 fully saturated rings. The lowest BCUT2D eigenvalue weighted by Gasteiger charge is -2.24. The Bertz CT molecular complexity index is 1350. The van der Waals surface area contributed by atoms with Crippen LogP contribution in [0.1, 0.15) is 5.56 Å². The SMILES string of the molecule is O=c1c2ccccc2c(-c2cccs2)nn1CN(Cc1ccccc1[N+](=O)[O-])CC(F)(F)F. The molecule has 33 heavy (non-hydrogen) atoms. The number of hydrogen-bond donors (Lipinski definition) is 0. The maximum Gasteiger partial charge on any atom is 0.401 e. The molecule has 170 valence electrons. The Kier molecular flexibility index (Phi) is 6.25. The van der Waals surface area contributed by atoms with E-state index < -0.39 is 29.9 Å². The number of benzene rings is 2. The number of para-hydroxylation sites is 1. The molecule has 0 aliphatic carbocycles. The summed E-state index contributed by atoms with van der Waals surface area (Å²) in [6.07, 6.45) is -4.58. The molecule has 0 N–H and O–H groups in total. The predicted octanol–water partition coefficient (Wildman–Crippen LogP) is 5.06. The normalized spacial score (nSPS) is 11.9. The van der Waals surface area contributed by atoms with E-state index in [-0.39, 0.29) is 17.8 Å². The topological polar surface area (TPSA) is 81.3 Å². The predicted molar refractivity (Wildman–Crippen MR) is 119 cm³/mol. The van der Waals surface area contributed by atoms with Gasteiger partial charge in [-0.1, -0.05) is 42.5 Å². The van der Waals surface area contributed by atoms with E-state index in [1.165, 1.54) is 35.6 Å². The highest BCUT2D eigenvalue weighted by Gasteiger charge is 2.32. The summed E-state index contributed by atoms with van der Waals surface area (Å²) in [5.74, 6) is 0. The number of nitro groups is 1. The molecule has 0 aliphatic rings. The molecule has 0 saturated heterocycles. The number of hydrogen-bond acceptors (Lipinski definition) is 6. The summed E-state index contributed by atoms with van der Waals surface area (Å²) in [6, 6.07) is 16.0. The van der Waals surface area contributed by atoms with E-state index >= 15 is 0 Å². The Morgan fingerprint density at radius 3 is 2.39 bits per heavy atom. The Hall–Kier alpha value is -3.57. The first-order valence-corrected chi connectivity index (χ1v) is 10.7. The van der Waals surface area contributed by atoms with Gasteiger partial charge in [-0.15, -0.1) is 11.3 Å². The van der Waals surface area contributed by atoms with E-state index in [0.717, 1.165) is 14.5 Å². The lowest BCUT2D eigenvalue weighted by Crippen LogP contribution is -2.39. The van der Waals surface area contributed by atoms with E-state index in [2.05, 4.69) is 5.10 Å². The fraction of sp³-hybridized carbons (Fsp3) is 0.182. The maximum absolute atomic E-state index is 13.3. The molecule has 2 aromatic heterocycles. The van der Waals surface area contributed by atoms with Gasteiger partial charge in [-0.05, 0) is 17.5 Å². The summed E-state index contributed by atoms with van der Waals surface area (Å²) in [5, 5.41) is 18.5. The zero-order valence-corrected chi connectivity index (χ0v) is 17.8. The summed E-state index contributed by atoms with van der Waals surface area (Å²) >= 11 is 1.40. The Morgan fingerprint density at radius 1 is 1.03 bits per heavy atom. The van der Waals surface area contributed by atoms with Crippen molar-refractivity contribution in [3.05, 3.63) is 92.1 Å². The van der Waals surface area contributed by atoms with Crippen molar-refractivity contribution < 1.29 is 18.1 Å². The third-order valence-electron chi connectivity index (χ3n) is 4.94. The number of halogens is 3. The van der Waals surface area contributed by atoms with Gasteiger partial charge in [0, 0.05) is 23.6 Å². The van der Waals surface area contributed by atoms with Gasteiger partial charge in [-0.2, -0.15) is 18.3 Å². The molecule has 0 spiro atoms. The first-order valence-electron chi connectivity index (χ1n) is 9.78. The fourth-order valence-electron chi connectivity index (χ4n) is 3.59. The van der Waals surface area contributed by atoms with Crippen LogP contribution in [0.4, 0.5) is 18.9 Å². The Labute approximate surface area is 189 Å². The number of nitrogens with zero attached hydrogens (tertiary/aromatic N) is 4. The van der Waals surface area contributed by atoms with Crippen LogP contribution >= 0.6 is 11.3 Å². The number of nitro benzene ring substituents is 1. The highest BCUT2D eigenvalue weighted by Crippen LogP contribution is 2.29. The number of fused-ring (bicyclic) bond motifs is 1. The van der Waals surface area contributed by atoms with Crippen LogP contribution in [0.25, 0.3) is 21.3 Å². The van der Waals surface area contributed by atoms with E-state index in [1.807, 2.05) is 17.5 Å². The zero-order chi connectivity index (χ0) is 23.6. The van der Waals surface area contributed by atoms with Gasteiger partial charge in [0.1, 0.15) is 5.69 Å². The molecule has 11 heteroatoms. The van der Waals surface area contributed by atoms with Crippen molar-refractivity contribution in [1.29, 1.82) is 0 Å². The maximum atomic E-state index is 13.3. The molecular formula is C22H17F3N4O3S. The van der Waals surface area contributed by atoms with Crippen molar-refractivity contribution in [2.45, 2.75) is 19.4 Å². The first-order chi connectivity index (χ1) is 15.7. The quantitative estimate of drug-likeness (QED) is 0.276. The van der Waals surface area contributed by atoms with Crippen LogP contribution in [0.5, 0.6) is 0 Å². The first kappa shape index (κ1) is 22.6. The lowest BCUT2D eigenvalue weighted by atomic mass is 10.1. The third-order valence-corrected chi connectivity index (χ3v) is 5.82. The average molecular weight is 474 g/mol. The van der Waals surface area contributed by atoms with Crippen LogP contribution in [-0.2, 0) is 13.2 Å². The molecule has 4 rings (SSSR count). The smallest absolute Gasteiger partial charge is 0.271 e. The van der Waals surface area contributed by atoms with Crippen LogP contribution in [0, 0.1) is 10.1 Å². The molecule has 0 aliphatic heterocycles. The van der Waals surface area contributed by atoms with Gasteiger partial charge in [-0.3, -0.25) is 19.8 Å². The zero-order valence-electron chi connectivity index (χ0n) is 17.0. The number of rotatable bonds is 7. The summed E-state index contributed by atoms with van der Waals surface area (Å²) in [6.45, 7) is -2.24. The van der Waals surface area contributed by atoms with Crippen molar-refractivity contribution >= 4 is 27.8 Å². The standard InChI is InChI=1S/C22H17F3N4O3S/c23-22(24,25)13-27(12-15-6-1-4-9-18(15)29(31)32)14-28-21(30)17-8-3-2-7-16(17)20(26-28)19-10-5-11-33-19/h1-11H,12-14H2. The van der Waals surface area contributed by atoms with Crippen LogP contribution < -0.4 is 5.56 Å². The van der Waals surface area contributed by atoms with Gasteiger partial charge in [0.05, 0.1) is 28.4 Å². The molecule has 2 aromatic carbocycles. The highest BCUT2D eigenvalue weighted by molar-refractivity contribution is 7.13. The Balaban J connectivity index is 1.78. The molecular weight excluding hydrogens is 457 g/mol. The fourth-order valence-corrected chi connectivity index (χ4v) is 4.31. The minimum atomic E-state index is -4.58. The number of alkyl halides is 3. The molecule has 0 saturated carbocycles. The molecule has 4 aromatic rings. The van der Waals surface area contributed by atoms with E-state index in [9.17, 15) is 28.1 Å². The van der Waals surface area contributed by atoms with Gasteiger partial charge in [0.15, 0.2) is 0 Å². The second-order valence-electron chi connectivity index (χ2n) is 7.31. The van der Waals surface area contributed by atoms with Crippen molar-refractivity contribution in [2.75, 3.05) is 6.54 Å². The molecule has 0 atom stereocenters. The van der Waals surface area contributed by atoms with Gasteiger partial charge in [0.25, 0.3) is 11.2 Å². The molecule has 2 heterocycles. The summed E-state index contributed by atoms with van der Waals surface area (Å²) in [4.78, 5) is 25.4. The lowest BCUT2D eigenvalue weighted by molar-refractivity contribution is -0.385. The molecule has 0 bridgehead atoms.